The second-order valence-corrected chi connectivity index (χ2v) is 5.26. The molecule has 0 heterocycles. The minimum Gasteiger partial charge on any atom is -0.507 e. The van der Waals surface area contributed by atoms with Gasteiger partial charge >= 0.3 is 0 Å². The molecule has 1 unspecified atom stereocenters. The molecule has 1 rings (SSSR count). The summed E-state index contributed by atoms with van der Waals surface area (Å²) in [6.45, 7) is 7.59. The van der Waals surface area contributed by atoms with Gasteiger partial charge in [-0.05, 0) is 44.4 Å². The molecule has 0 fully saturated rings. The van der Waals surface area contributed by atoms with E-state index in [1.165, 1.54) is 0 Å². The summed E-state index contributed by atoms with van der Waals surface area (Å²) in [4.78, 5) is 11.9. The molecule has 1 atom stereocenters. The van der Waals surface area contributed by atoms with Crippen LogP contribution in [-0.2, 0) is 4.79 Å². The van der Waals surface area contributed by atoms with E-state index in [0.717, 1.165) is 24.0 Å². The molecule has 0 aliphatic rings. The Morgan fingerprint density at radius 2 is 2.00 bits per heavy atom. The number of amides is 1. The molecule has 18 heavy (non-hydrogen) atoms. The number of nitrogens with one attached hydrogen (secondary N) is 1. The van der Waals surface area contributed by atoms with Gasteiger partial charge in [0.2, 0.25) is 5.91 Å². The lowest BCUT2D eigenvalue weighted by molar-refractivity contribution is -0.115. The lowest BCUT2D eigenvalue weighted by Gasteiger charge is -2.16. The number of benzene rings is 1. The Balaban J connectivity index is 2.95. The van der Waals surface area contributed by atoms with Crippen LogP contribution in [0, 0.1) is 20.8 Å². The first-order valence-corrected chi connectivity index (χ1v) is 6.68. The standard InChI is InChI=1S/C14H21NO2S/c1-5-6-12(18)14(17)15-11-7-8(2)9(3)13(16)10(11)4/h7,12,16,18H,5-6H2,1-4H3,(H,15,17). The second kappa shape index (κ2) is 6.14. The van der Waals surface area contributed by atoms with Crippen LogP contribution in [0.3, 0.4) is 0 Å². The molecule has 0 radical (unpaired) electrons. The van der Waals surface area contributed by atoms with Crippen molar-refractivity contribution in [3.63, 3.8) is 0 Å². The molecule has 0 aliphatic heterocycles. The molecule has 0 saturated carbocycles. The first kappa shape index (κ1) is 14.9. The molecule has 0 bridgehead atoms. The molecule has 3 nitrogen and oxygen atoms in total. The van der Waals surface area contributed by atoms with Crippen molar-refractivity contribution in [1.29, 1.82) is 0 Å². The molecule has 0 spiro atoms. The molecular formula is C14H21NO2S. The normalized spacial score (nSPS) is 12.3. The van der Waals surface area contributed by atoms with E-state index in [9.17, 15) is 9.90 Å². The van der Waals surface area contributed by atoms with Crippen LogP contribution in [-0.4, -0.2) is 16.3 Å². The van der Waals surface area contributed by atoms with Gasteiger partial charge in [-0.15, -0.1) is 0 Å². The van der Waals surface area contributed by atoms with E-state index in [2.05, 4.69) is 17.9 Å². The summed E-state index contributed by atoms with van der Waals surface area (Å²) in [6.07, 6.45) is 1.66. The highest BCUT2D eigenvalue weighted by Crippen LogP contribution is 2.31. The number of phenols is 1. The topological polar surface area (TPSA) is 49.3 Å². The molecule has 1 aromatic carbocycles. The van der Waals surface area contributed by atoms with Crippen LogP contribution in [0.1, 0.15) is 36.5 Å². The fraction of sp³-hybridized carbons (Fsp3) is 0.500. The lowest BCUT2D eigenvalue weighted by Crippen LogP contribution is -2.23. The van der Waals surface area contributed by atoms with Crippen LogP contribution in [0.25, 0.3) is 0 Å². The van der Waals surface area contributed by atoms with Gasteiger partial charge in [0, 0.05) is 11.3 Å². The summed E-state index contributed by atoms with van der Waals surface area (Å²) >= 11 is 4.27. The van der Waals surface area contributed by atoms with Crippen molar-refractivity contribution in [2.45, 2.75) is 45.8 Å². The van der Waals surface area contributed by atoms with E-state index in [1.54, 1.807) is 6.92 Å². The number of thiol groups is 1. The maximum absolute atomic E-state index is 11.9. The van der Waals surface area contributed by atoms with Crippen LogP contribution < -0.4 is 5.32 Å². The number of anilines is 1. The van der Waals surface area contributed by atoms with E-state index >= 15 is 0 Å². The van der Waals surface area contributed by atoms with Gasteiger partial charge in [0.05, 0.1) is 5.25 Å². The van der Waals surface area contributed by atoms with Crippen molar-refractivity contribution in [2.24, 2.45) is 0 Å². The van der Waals surface area contributed by atoms with Crippen LogP contribution in [0.4, 0.5) is 5.69 Å². The zero-order chi connectivity index (χ0) is 13.9. The van der Waals surface area contributed by atoms with Crippen molar-refractivity contribution < 1.29 is 9.90 Å². The summed E-state index contributed by atoms with van der Waals surface area (Å²) in [7, 11) is 0. The van der Waals surface area contributed by atoms with Gasteiger partial charge in [-0.1, -0.05) is 13.3 Å². The quantitative estimate of drug-likeness (QED) is 0.733. The zero-order valence-corrected chi connectivity index (χ0v) is 12.3. The predicted molar refractivity (Wildman–Crippen MR) is 78.6 cm³/mol. The molecular weight excluding hydrogens is 246 g/mol. The van der Waals surface area contributed by atoms with Crippen LogP contribution in [0.2, 0.25) is 0 Å². The monoisotopic (exact) mass is 267 g/mol. The Labute approximate surface area is 114 Å². The van der Waals surface area contributed by atoms with E-state index in [4.69, 9.17) is 0 Å². The number of carbonyl (C=O) groups excluding carboxylic acids is 1. The molecule has 1 amide bonds. The predicted octanol–water partition coefficient (Wildman–Crippen LogP) is 3.35. The van der Waals surface area contributed by atoms with E-state index in [0.29, 0.717) is 11.3 Å². The average Bonchev–Trinajstić information content (AvgIpc) is 2.33. The fourth-order valence-electron chi connectivity index (χ4n) is 1.78. The van der Waals surface area contributed by atoms with Crippen LogP contribution in [0.15, 0.2) is 6.07 Å². The van der Waals surface area contributed by atoms with Gasteiger partial charge in [-0.25, -0.2) is 0 Å². The third-order valence-corrected chi connectivity index (χ3v) is 3.68. The first-order valence-electron chi connectivity index (χ1n) is 6.17. The van der Waals surface area contributed by atoms with Crippen molar-refractivity contribution in [3.05, 3.63) is 22.8 Å². The molecule has 4 heteroatoms. The van der Waals surface area contributed by atoms with E-state index < -0.39 is 0 Å². The van der Waals surface area contributed by atoms with Gasteiger partial charge < -0.3 is 10.4 Å². The molecule has 0 aliphatic carbocycles. The Hall–Kier alpha value is -1.16. The summed E-state index contributed by atoms with van der Waals surface area (Å²) < 4.78 is 0. The SMILES string of the molecule is CCCC(S)C(=O)Nc1cc(C)c(C)c(O)c1C. The average molecular weight is 267 g/mol. The van der Waals surface area contributed by atoms with E-state index in [-0.39, 0.29) is 16.9 Å². The Morgan fingerprint density at radius 1 is 1.39 bits per heavy atom. The van der Waals surface area contributed by atoms with Crippen LogP contribution in [0.5, 0.6) is 5.75 Å². The van der Waals surface area contributed by atoms with Crippen molar-refractivity contribution >= 4 is 24.2 Å². The number of phenolic OH excluding ortho intramolecular Hbond substituents is 1. The maximum atomic E-state index is 11.9. The Kier molecular flexibility index (Phi) is 5.08. The maximum Gasteiger partial charge on any atom is 0.237 e. The van der Waals surface area contributed by atoms with Crippen LogP contribution >= 0.6 is 12.6 Å². The summed E-state index contributed by atoms with van der Waals surface area (Å²) in [5, 5.41) is 12.5. The van der Waals surface area contributed by atoms with Crippen molar-refractivity contribution in [3.8, 4) is 5.75 Å². The van der Waals surface area contributed by atoms with Gasteiger partial charge in [-0.2, -0.15) is 12.6 Å². The number of hydrogen-bond donors (Lipinski definition) is 3. The molecule has 0 aromatic heterocycles. The van der Waals surface area contributed by atoms with Gasteiger partial charge in [0.15, 0.2) is 0 Å². The zero-order valence-electron chi connectivity index (χ0n) is 11.4. The van der Waals surface area contributed by atoms with Gasteiger partial charge in [0.25, 0.3) is 0 Å². The number of carbonyl (C=O) groups is 1. The summed E-state index contributed by atoms with van der Waals surface area (Å²) in [6, 6.07) is 1.88. The summed E-state index contributed by atoms with van der Waals surface area (Å²) in [5.74, 6) is 0.127. The largest absolute Gasteiger partial charge is 0.507 e. The molecule has 100 valence electrons. The lowest BCUT2D eigenvalue weighted by atomic mass is 10.0. The van der Waals surface area contributed by atoms with Crippen molar-refractivity contribution in [1.82, 2.24) is 0 Å². The Bertz CT molecular complexity index is 458. The number of rotatable bonds is 4. The number of aromatic hydroxyl groups is 1. The third-order valence-electron chi connectivity index (χ3n) is 3.19. The highest BCUT2D eigenvalue weighted by atomic mass is 32.1. The second-order valence-electron chi connectivity index (χ2n) is 4.63. The fourth-order valence-corrected chi connectivity index (χ4v) is 2.10. The molecule has 0 saturated heterocycles. The highest BCUT2D eigenvalue weighted by molar-refractivity contribution is 7.81. The minimum atomic E-state index is -0.307. The number of hydrogen-bond acceptors (Lipinski definition) is 3. The first-order chi connectivity index (χ1) is 8.38. The summed E-state index contributed by atoms with van der Waals surface area (Å²) in [5.41, 5.74) is 3.17. The highest BCUT2D eigenvalue weighted by Gasteiger charge is 2.16. The van der Waals surface area contributed by atoms with Gasteiger partial charge in [-0.3, -0.25) is 4.79 Å². The Morgan fingerprint density at radius 3 is 2.56 bits per heavy atom. The van der Waals surface area contributed by atoms with Gasteiger partial charge in [0.1, 0.15) is 5.75 Å². The third kappa shape index (κ3) is 3.19. The van der Waals surface area contributed by atoms with E-state index in [1.807, 2.05) is 26.8 Å². The molecule has 1 aromatic rings. The molecule has 2 N–H and O–H groups in total. The number of aryl methyl sites for hydroxylation is 1. The van der Waals surface area contributed by atoms with Crippen molar-refractivity contribution in [2.75, 3.05) is 5.32 Å². The smallest absolute Gasteiger partial charge is 0.237 e. The minimum absolute atomic E-state index is 0.120.